The molecule has 0 fully saturated rings. The van der Waals surface area contributed by atoms with Gasteiger partial charge in [-0.25, -0.2) is 0 Å². The van der Waals surface area contributed by atoms with E-state index in [4.69, 9.17) is 28.2 Å². The molecule has 6 aromatic carbocycles. The molecule has 6 nitrogen and oxygen atoms in total. The number of nitrogens with zero attached hydrogens (tertiary/aromatic N) is 3. The predicted octanol–water partition coefficient (Wildman–Crippen LogP) is 30.8. The van der Waals surface area contributed by atoms with Gasteiger partial charge in [0.1, 0.15) is 16.7 Å². The van der Waals surface area contributed by atoms with E-state index in [1.807, 2.05) is 54.6 Å². The van der Waals surface area contributed by atoms with Crippen molar-refractivity contribution in [1.82, 2.24) is 15.0 Å². The predicted molar refractivity (Wildman–Crippen MR) is 450 cm³/mol. The molecule has 0 aliphatic heterocycles. The van der Waals surface area contributed by atoms with Crippen LogP contribution in [-0.4, -0.2) is 15.0 Å². The van der Waals surface area contributed by atoms with E-state index in [1.165, 1.54) is 265 Å². The number of hydrogen-bond donors (Lipinski definition) is 0. The van der Waals surface area contributed by atoms with E-state index in [-0.39, 0.29) is 20.1 Å². The summed E-state index contributed by atoms with van der Waals surface area (Å²) in [4.78, 5) is 14.8. The van der Waals surface area contributed by atoms with Gasteiger partial charge in [0, 0.05) is 34.7 Å². The van der Waals surface area contributed by atoms with Crippen LogP contribution in [0.1, 0.15) is 306 Å². The van der Waals surface area contributed by atoms with E-state index < -0.39 is 0 Å². The van der Waals surface area contributed by atoms with Crippen molar-refractivity contribution in [3.8, 4) is 33.8 Å². The fourth-order valence-electron chi connectivity index (χ4n) is 15.6. The van der Waals surface area contributed by atoms with E-state index in [9.17, 15) is 0 Å². The van der Waals surface area contributed by atoms with Crippen LogP contribution in [0.2, 0.25) is 0 Å². The van der Waals surface area contributed by atoms with Crippen LogP contribution >= 0.6 is 0 Å². The van der Waals surface area contributed by atoms with Crippen LogP contribution in [0.3, 0.4) is 0 Å². The smallest absolute Gasteiger partial charge is 0.501 e. The molecule has 12 aromatic rings. The van der Waals surface area contributed by atoms with Crippen LogP contribution in [0.15, 0.2) is 159 Å². The zero-order chi connectivity index (χ0) is 72.9. The molecule has 0 unspecified atom stereocenters. The maximum atomic E-state index is 6.28. The van der Waals surface area contributed by atoms with E-state index in [1.54, 1.807) is 0 Å². The monoisotopic (exact) mass is 1600 g/mol. The van der Waals surface area contributed by atoms with Crippen molar-refractivity contribution in [1.29, 1.82) is 0 Å². The summed E-state index contributed by atoms with van der Waals surface area (Å²) in [5.74, 6) is 0. The fourth-order valence-corrected chi connectivity index (χ4v) is 15.6. The summed E-state index contributed by atoms with van der Waals surface area (Å²) < 4.78 is 18.9. The number of furan rings is 3. The van der Waals surface area contributed by atoms with E-state index in [0.717, 1.165) is 138 Å². The second-order valence-electron chi connectivity index (χ2n) is 30.2. The van der Waals surface area contributed by atoms with Crippen LogP contribution < -0.4 is 0 Å². The Labute approximate surface area is 652 Å². The Morgan fingerprint density at radius 1 is 0.245 bits per heavy atom. The van der Waals surface area contributed by atoms with Crippen LogP contribution in [0.25, 0.3) is 99.6 Å². The average molecular weight is 1600 g/mol. The molecule has 0 N–H and O–H groups in total. The third kappa shape index (κ3) is 24.4. The summed E-state index contributed by atoms with van der Waals surface area (Å²) in [6, 6.07) is 54.5. The minimum absolute atomic E-state index is 0. The molecule has 0 saturated heterocycles. The van der Waals surface area contributed by atoms with Crippen LogP contribution in [0.5, 0.6) is 0 Å². The SMILES string of the molecule is CCCCCCCCc1cnc(-c2[c-]ccc3c2oc2ccccc23)cc1CCCCCCCC.CCCCCCCCc1cnc(-c2[c-]ccc3c2oc2ccccc23)cc1CCCCCCCC.CCCCCCCCc1cnc(-c2[c-]ccc3c2oc2ccccc23)cc1CCCCCCCC.[Ir+3]. The summed E-state index contributed by atoms with van der Waals surface area (Å²) in [7, 11) is 0. The number of aromatic nitrogens is 3. The topological polar surface area (TPSA) is 78.1 Å². The summed E-state index contributed by atoms with van der Waals surface area (Å²) in [5, 5.41) is 6.90. The average Bonchev–Trinajstić information content (AvgIpc) is 1.61. The van der Waals surface area contributed by atoms with Gasteiger partial charge in [-0.2, -0.15) is 0 Å². The van der Waals surface area contributed by atoms with Gasteiger partial charge in [-0.1, -0.05) is 357 Å². The van der Waals surface area contributed by atoms with Gasteiger partial charge in [0.05, 0.1) is 16.7 Å². The van der Waals surface area contributed by atoms with Crippen molar-refractivity contribution in [2.45, 2.75) is 311 Å². The number of unbranched alkanes of at least 4 members (excludes halogenated alkanes) is 30. The zero-order valence-corrected chi connectivity index (χ0v) is 68.3. The second kappa shape index (κ2) is 46.9. The number of aryl methyl sites for hydroxylation is 6. The van der Waals surface area contributed by atoms with Crippen LogP contribution in [-0.2, 0) is 58.6 Å². The molecule has 7 heteroatoms. The summed E-state index contributed by atoms with van der Waals surface area (Å²) in [6.45, 7) is 13.7. The Morgan fingerprint density at radius 2 is 0.462 bits per heavy atom. The van der Waals surface area contributed by atoms with Gasteiger partial charge in [-0.15, -0.1) is 54.6 Å². The Kier molecular flexibility index (Phi) is 36.7. The molecule has 0 spiro atoms. The van der Waals surface area contributed by atoms with Gasteiger partial charge in [-0.3, -0.25) is 0 Å². The zero-order valence-electron chi connectivity index (χ0n) is 66.0. The van der Waals surface area contributed by atoms with E-state index in [2.05, 4.69) is 151 Å². The van der Waals surface area contributed by atoms with Gasteiger partial charge in [0.25, 0.3) is 0 Å². The van der Waals surface area contributed by atoms with Gasteiger partial charge in [0.2, 0.25) is 0 Å². The fraction of sp³-hybridized carbons (Fsp3) is 0.485. The van der Waals surface area contributed by atoms with E-state index >= 15 is 0 Å². The molecule has 0 bridgehead atoms. The van der Waals surface area contributed by atoms with Gasteiger partial charge < -0.3 is 28.2 Å². The summed E-state index contributed by atoms with van der Waals surface area (Å²) >= 11 is 0. The standard InChI is InChI=1S/3C33H42NO.Ir/c3*1-3-5-7-9-11-13-18-26-24-31(34-25-27(26)19-14-12-10-8-6-4-2)30-22-17-21-29-28-20-15-16-23-32(28)35-33(29)30;/h3*15-17,20-21,23-25H,3-14,18-19H2,1-2H3;/q3*-1;+3. The Balaban J connectivity index is 0.000000183. The largest absolute Gasteiger partial charge is 3.00 e. The van der Waals surface area contributed by atoms with Crippen molar-refractivity contribution in [3.05, 3.63) is 198 Å². The van der Waals surface area contributed by atoms with Crippen molar-refractivity contribution in [3.63, 3.8) is 0 Å². The number of pyridine rings is 3. The molecule has 0 saturated carbocycles. The minimum atomic E-state index is 0. The Hall–Kier alpha value is -7.18. The first-order valence-corrected chi connectivity index (χ1v) is 42.3. The third-order valence-corrected chi connectivity index (χ3v) is 21.8. The maximum Gasteiger partial charge on any atom is 3.00 e. The van der Waals surface area contributed by atoms with Crippen LogP contribution in [0, 0.1) is 18.2 Å². The summed E-state index contributed by atoms with van der Waals surface area (Å²) in [5.41, 5.74) is 20.1. The molecule has 6 aromatic heterocycles. The van der Waals surface area contributed by atoms with Crippen molar-refractivity contribution >= 4 is 65.8 Å². The first-order valence-electron chi connectivity index (χ1n) is 42.3. The van der Waals surface area contributed by atoms with E-state index in [0.29, 0.717) is 0 Å². The van der Waals surface area contributed by atoms with Crippen molar-refractivity contribution < 1.29 is 33.4 Å². The first-order chi connectivity index (χ1) is 51.9. The van der Waals surface area contributed by atoms with Gasteiger partial charge in [-0.05, 0) is 129 Å². The van der Waals surface area contributed by atoms with Crippen molar-refractivity contribution in [2.75, 3.05) is 0 Å². The van der Waals surface area contributed by atoms with Gasteiger partial charge >= 0.3 is 20.1 Å². The number of benzene rings is 6. The second-order valence-corrected chi connectivity index (χ2v) is 30.2. The van der Waals surface area contributed by atoms with Crippen molar-refractivity contribution in [2.24, 2.45) is 0 Å². The minimum Gasteiger partial charge on any atom is -0.501 e. The molecule has 0 radical (unpaired) electrons. The molecular weight excluding hydrogens is 1470 g/mol. The first kappa shape index (κ1) is 82.9. The molecule has 6 heterocycles. The molecule has 0 aliphatic carbocycles. The number of para-hydroxylation sites is 3. The Morgan fingerprint density at radius 3 is 0.708 bits per heavy atom. The molecule has 106 heavy (non-hydrogen) atoms. The van der Waals surface area contributed by atoms with Gasteiger partial charge in [0.15, 0.2) is 0 Å². The Bertz CT molecular complexity index is 4020. The molecular formula is C99H126IrN3O3. The molecule has 0 aliphatic rings. The molecule has 0 amide bonds. The molecule has 0 atom stereocenters. The maximum absolute atomic E-state index is 6.28. The molecule has 564 valence electrons. The summed E-state index contributed by atoms with van der Waals surface area (Å²) in [6.07, 6.45) is 61.1. The third-order valence-electron chi connectivity index (χ3n) is 21.8. The number of fused-ring (bicyclic) bond motifs is 9. The number of rotatable bonds is 45. The quantitative estimate of drug-likeness (QED) is 0.0280. The number of hydrogen-bond acceptors (Lipinski definition) is 6. The normalized spacial score (nSPS) is 11.5. The van der Waals surface area contributed by atoms with Crippen LogP contribution in [0.4, 0.5) is 0 Å². The molecule has 12 rings (SSSR count).